The summed E-state index contributed by atoms with van der Waals surface area (Å²) in [5.41, 5.74) is 1.34. The van der Waals surface area contributed by atoms with Gasteiger partial charge in [0.2, 0.25) is 0 Å². The van der Waals surface area contributed by atoms with Crippen molar-refractivity contribution in [3.8, 4) is 0 Å². The Morgan fingerprint density at radius 1 is 1.00 bits per heavy atom. The highest BCUT2D eigenvalue weighted by Gasteiger charge is 2.39. The van der Waals surface area contributed by atoms with Gasteiger partial charge in [-0.25, -0.2) is 9.18 Å². The molecule has 0 saturated carbocycles. The monoisotopic (exact) mass is 396 g/mol. The van der Waals surface area contributed by atoms with E-state index in [4.69, 9.17) is 0 Å². The van der Waals surface area contributed by atoms with Gasteiger partial charge in [-0.1, -0.05) is 12.1 Å². The van der Waals surface area contributed by atoms with Crippen molar-refractivity contribution in [3.05, 3.63) is 59.9 Å². The smallest absolute Gasteiger partial charge is 0.322 e. The van der Waals surface area contributed by atoms with Crippen LogP contribution in [0.4, 0.5) is 20.6 Å². The Balaban J connectivity index is 1.42. The highest BCUT2D eigenvalue weighted by molar-refractivity contribution is 6.05. The third kappa shape index (κ3) is 4.40. The van der Waals surface area contributed by atoms with Crippen molar-refractivity contribution in [1.82, 2.24) is 9.80 Å². The Labute approximate surface area is 169 Å². The van der Waals surface area contributed by atoms with Crippen molar-refractivity contribution in [2.24, 2.45) is 5.92 Å². The number of likely N-dealkylation sites (tertiary alicyclic amines) is 2. The predicted octanol–water partition coefficient (Wildman–Crippen LogP) is 3.64. The minimum absolute atomic E-state index is 0.129. The summed E-state index contributed by atoms with van der Waals surface area (Å²) in [7, 11) is 2.09. The Hall–Kier alpha value is -2.93. The van der Waals surface area contributed by atoms with Crippen molar-refractivity contribution in [2.75, 3.05) is 37.3 Å². The molecule has 2 N–H and O–H groups in total. The highest BCUT2D eigenvalue weighted by Crippen LogP contribution is 2.31. The summed E-state index contributed by atoms with van der Waals surface area (Å²) in [6.07, 6.45) is 2.17. The first kappa shape index (κ1) is 19.4. The second-order valence-electron chi connectivity index (χ2n) is 7.84. The fourth-order valence-corrected chi connectivity index (χ4v) is 4.25. The van der Waals surface area contributed by atoms with Crippen LogP contribution in [0.3, 0.4) is 0 Å². The summed E-state index contributed by atoms with van der Waals surface area (Å²) in [6, 6.07) is 12.6. The first-order chi connectivity index (χ1) is 14.0. The molecule has 0 radical (unpaired) electrons. The molecule has 2 fully saturated rings. The van der Waals surface area contributed by atoms with Gasteiger partial charge in [0.1, 0.15) is 5.82 Å². The number of likely N-dealkylation sites (N-methyl/N-ethyl adjacent to an activating group) is 1. The molecule has 29 heavy (non-hydrogen) atoms. The number of amides is 3. The number of nitrogens with zero attached hydrogens (tertiary/aromatic N) is 2. The van der Waals surface area contributed by atoms with Crippen LogP contribution in [0.15, 0.2) is 48.5 Å². The standard InChI is InChI=1S/C22H25FN4O2/c1-26-10-8-15-9-11-27(20(15)14-26)22(29)25-18-6-2-4-16(12-18)21(28)24-19-7-3-5-17(23)13-19/h2-7,12-13,15,20H,8-11,14H2,1H3,(H,24,28)(H,25,29)/t15-,20+/m0/s1. The molecule has 0 spiro atoms. The van der Waals surface area contributed by atoms with Crippen LogP contribution in [0.25, 0.3) is 0 Å². The maximum atomic E-state index is 13.3. The van der Waals surface area contributed by atoms with Crippen molar-refractivity contribution in [1.29, 1.82) is 0 Å². The lowest BCUT2D eigenvalue weighted by atomic mass is 9.92. The van der Waals surface area contributed by atoms with E-state index >= 15 is 0 Å². The fraction of sp³-hybridized carbons (Fsp3) is 0.364. The molecular formula is C22H25FN4O2. The Morgan fingerprint density at radius 2 is 1.72 bits per heavy atom. The third-order valence-electron chi connectivity index (χ3n) is 5.78. The molecule has 2 aliphatic heterocycles. The Bertz CT molecular complexity index is 919. The quantitative estimate of drug-likeness (QED) is 0.833. The molecule has 4 rings (SSSR count). The summed E-state index contributed by atoms with van der Waals surface area (Å²) in [4.78, 5) is 29.5. The summed E-state index contributed by atoms with van der Waals surface area (Å²) >= 11 is 0. The minimum Gasteiger partial charge on any atom is -0.322 e. The van der Waals surface area contributed by atoms with Crippen molar-refractivity contribution in [3.63, 3.8) is 0 Å². The van der Waals surface area contributed by atoms with Gasteiger partial charge in [0.05, 0.1) is 0 Å². The highest BCUT2D eigenvalue weighted by atomic mass is 19.1. The average Bonchev–Trinajstić information content (AvgIpc) is 3.11. The van der Waals surface area contributed by atoms with Crippen LogP contribution in [0.2, 0.25) is 0 Å². The van der Waals surface area contributed by atoms with Gasteiger partial charge in [0.25, 0.3) is 5.91 Å². The molecule has 6 nitrogen and oxygen atoms in total. The maximum absolute atomic E-state index is 13.3. The Kier molecular flexibility index (Phi) is 5.49. The first-order valence-electron chi connectivity index (χ1n) is 9.93. The van der Waals surface area contributed by atoms with E-state index in [0.717, 1.165) is 32.5 Å². The van der Waals surface area contributed by atoms with Crippen LogP contribution in [-0.4, -0.2) is 54.5 Å². The molecule has 3 amide bonds. The van der Waals surface area contributed by atoms with Crippen molar-refractivity contribution >= 4 is 23.3 Å². The van der Waals surface area contributed by atoms with Crippen LogP contribution in [0, 0.1) is 11.7 Å². The number of halogens is 1. The maximum Gasteiger partial charge on any atom is 0.322 e. The van der Waals surface area contributed by atoms with Gasteiger partial charge in [0, 0.05) is 36.1 Å². The number of benzene rings is 2. The normalized spacial score (nSPS) is 21.5. The number of fused-ring (bicyclic) bond motifs is 1. The van der Waals surface area contributed by atoms with E-state index < -0.39 is 5.82 Å². The van der Waals surface area contributed by atoms with Crippen LogP contribution >= 0.6 is 0 Å². The van der Waals surface area contributed by atoms with E-state index in [1.54, 1.807) is 30.3 Å². The van der Waals surface area contributed by atoms with E-state index in [0.29, 0.717) is 22.9 Å². The molecule has 2 aromatic carbocycles. The number of urea groups is 1. The van der Waals surface area contributed by atoms with Crippen molar-refractivity contribution < 1.29 is 14.0 Å². The number of piperidine rings is 1. The van der Waals surface area contributed by atoms with Gasteiger partial charge in [-0.2, -0.15) is 0 Å². The van der Waals surface area contributed by atoms with Crippen molar-refractivity contribution in [2.45, 2.75) is 18.9 Å². The predicted molar refractivity (Wildman–Crippen MR) is 111 cm³/mol. The van der Waals surface area contributed by atoms with E-state index in [1.165, 1.54) is 18.2 Å². The SMILES string of the molecule is CN1CC[C@H]2CCN(C(=O)Nc3cccc(C(=O)Nc4cccc(F)c4)c3)[C@@H]2C1. The summed E-state index contributed by atoms with van der Waals surface area (Å²) in [6.45, 7) is 2.74. The van der Waals surface area contributed by atoms with Gasteiger partial charge >= 0.3 is 6.03 Å². The largest absolute Gasteiger partial charge is 0.322 e. The van der Waals surface area contributed by atoms with E-state index in [-0.39, 0.29) is 18.0 Å². The fourth-order valence-electron chi connectivity index (χ4n) is 4.25. The number of hydrogen-bond acceptors (Lipinski definition) is 3. The lowest BCUT2D eigenvalue weighted by Gasteiger charge is -2.36. The van der Waals surface area contributed by atoms with E-state index in [1.807, 2.05) is 4.90 Å². The lowest BCUT2D eigenvalue weighted by Crippen LogP contribution is -2.49. The molecule has 2 aliphatic rings. The molecule has 2 aromatic rings. The Morgan fingerprint density at radius 3 is 2.52 bits per heavy atom. The molecule has 0 aliphatic carbocycles. The molecule has 2 heterocycles. The van der Waals surface area contributed by atoms with Gasteiger partial charge in [-0.15, -0.1) is 0 Å². The number of carbonyl (C=O) groups excluding carboxylic acids is 2. The second kappa shape index (κ2) is 8.21. The number of nitrogens with one attached hydrogen (secondary N) is 2. The molecule has 7 heteroatoms. The number of hydrogen-bond donors (Lipinski definition) is 2. The molecule has 2 atom stereocenters. The zero-order valence-corrected chi connectivity index (χ0v) is 16.4. The summed E-state index contributed by atoms with van der Waals surface area (Å²) in [5, 5.41) is 5.60. The van der Waals surface area contributed by atoms with Crippen LogP contribution in [-0.2, 0) is 0 Å². The van der Waals surface area contributed by atoms with Gasteiger partial charge in [0.15, 0.2) is 0 Å². The number of rotatable bonds is 3. The average molecular weight is 396 g/mol. The molecule has 2 saturated heterocycles. The molecule has 152 valence electrons. The first-order valence-corrected chi connectivity index (χ1v) is 9.93. The van der Waals surface area contributed by atoms with Gasteiger partial charge < -0.3 is 20.4 Å². The number of anilines is 2. The minimum atomic E-state index is -0.416. The zero-order chi connectivity index (χ0) is 20.4. The topological polar surface area (TPSA) is 64.7 Å². The number of carbonyl (C=O) groups is 2. The lowest BCUT2D eigenvalue weighted by molar-refractivity contribution is 0.102. The summed E-state index contributed by atoms with van der Waals surface area (Å²) in [5.74, 6) is -0.205. The van der Waals surface area contributed by atoms with Crippen LogP contribution in [0.1, 0.15) is 23.2 Å². The van der Waals surface area contributed by atoms with Crippen LogP contribution < -0.4 is 10.6 Å². The second-order valence-corrected chi connectivity index (χ2v) is 7.84. The molecular weight excluding hydrogens is 371 g/mol. The van der Waals surface area contributed by atoms with Gasteiger partial charge in [-0.05, 0) is 68.8 Å². The summed E-state index contributed by atoms with van der Waals surface area (Å²) < 4.78 is 13.3. The molecule has 0 bridgehead atoms. The van der Waals surface area contributed by atoms with E-state index in [9.17, 15) is 14.0 Å². The molecule has 0 unspecified atom stereocenters. The molecule has 0 aromatic heterocycles. The third-order valence-corrected chi connectivity index (χ3v) is 5.78. The van der Waals surface area contributed by atoms with Crippen LogP contribution in [0.5, 0.6) is 0 Å². The zero-order valence-electron chi connectivity index (χ0n) is 16.4. The van der Waals surface area contributed by atoms with E-state index in [2.05, 4.69) is 22.6 Å². The van der Waals surface area contributed by atoms with Gasteiger partial charge in [-0.3, -0.25) is 4.79 Å².